The topological polar surface area (TPSA) is 126 Å². The summed E-state index contributed by atoms with van der Waals surface area (Å²) >= 11 is 0. The van der Waals surface area contributed by atoms with Crippen LogP contribution in [0.2, 0.25) is 0 Å². The quantitative estimate of drug-likeness (QED) is 0.469. The molecule has 26 heavy (non-hydrogen) atoms. The highest BCUT2D eigenvalue weighted by Crippen LogP contribution is 2.34. The van der Waals surface area contributed by atoms with Crippen molar-refractivity contribution >= 4 is 22.0 Å². The van der Waals surface area contributed by atoms with Crippen molar-refractivity contribution in [3.05, 3.63) is 23.8 Å². The van der Waals surface area contributed by atoms with E-state index >= 15 is 0 Å². The first-order valence-electron chi connectivity index (χ1n) is 8.19. The van der Waals surface area contributed by atoms with Crippen LogP contribution in [0.4, 0.5) is 4.79 Å². The largest absolute Gasteiger partial charge is 0.496 e. The molecule has 10 heteroatoms. The molecule has 0 aromatic heterocycles. The maximum Gasteiger partial charge on any atom is 0.322 e. The molecule has 0 saturated carbocycles. The van der Waals surface area contributed by atoms with E-state index in [1.165, 1.54) is 32.2 Å². The molecule has 4 N–H and O–H groups in total. The highest BCUT2D eigenvalue weighted by atomic mass is 32.2. The van der Waals surface area contributed by atoms with Gasteiger partial charge in [-0.2, -0.15) is 0 Å². The number of nitrogens with one attached hydrogen (secondary N) is 4. The highest BCUT2D eigenvalue weighted by Gasteiger charge is 2.45. The molecule has 0 aliphatic carbocycles. The number of urea groups is 1. The average molecular weight is 384 g/mol. The summed E-state index contributed by atoms with van der Waals surface area (Å²) in [7, 11) is -2.39. The van der Waals surface area contributed by atoms with Crippen molar-refractivity contribution in [2.45, 2.75) is 37.2 Å². The van der Waals surface area contributed by atoms with Crippen LogP contribution in [0.5, 0.6) is 5.75 Å². The molecule has 0 radical (unpaired) electrons. The lowest BCUT2D eigenvalue weighted by atomic mass is 9.91. The summed E-state index contributed by atoms with van der Waals surface area (Å²) in [6.07, 6.45) is 0. The highest BCUT2D eigenvalue weighted by molar-refractivity contribution is 7.89. The third kappa shape index (κ3) is 3.97. The van der Waals surface area contributed by atoms with Crippen LogP contribution < -0.4 is 25.4 Å². The van der Waals surface area contributed by atoms with E-state index in [-0.39, 0.29) is 23.0 Å². The Hall–Kier alpha value is -2.17. The number of methoxy groups -OCH3 is 1. The summed E-state index contributed by atoms with van der Waals surface area (Å²) in [5.41, 5.74) is -1.17. The van der Waals surface area contributed by atoms with Crippen LogP contribution in [0.15, 0.2) is 23.1 Å². The number of hydrogen-bond acceptors (Lipinski definition) is 6. The number of imide groups is 1. The second kappa shape index (κ2) is 7.60. The molecule has 1 aromatic carbocycles. The number of carbonyl (C=O) groups excluding carboxylic acids is 2. The number of carbonyl (C=O) groups is 2. The zero-order valence-corrected chi connectivity index (χ0v) is 16.0. The Bertz CT molecular complexity index is 811. The minimum atomic E-state index is -3.80. The molecule has 1 fully saturated rings. The lowest BCUT2D eigenvalue weighted by Gasteiger charge is -2.24. The van der Waals surface area contributed by atoms with Gasteiger partial charge in [-0.25, -0.2) is 17.9 Å². The van der Waals surface area contributed by atoms with E-state index in [0.29, 0.717) is 5.75 Å². The molecule has 144 valence electrons. The van der Waals surface area contributed by atoms with E-state index in [9.17, 15) is 18.0 Å². The first-order chi connectivity index (χ1) is 12.1. The number of amides is 3. The van der Waals surface area contributed by atoms with Gasteiger partial charge in [-0.05, 0) is 38.6 Å². The Kier molecular flexibility index (Phi) is 5.89. The number of benzene rings is 1. The Morgan fingerprint density at radius 2 is 2.00 bits per heavy atom. The lowest BCUT2D eigenvalue weighted by molar-refractivity contribution is -0.123. The third-order valence-electron chi connectivity index (χ3n) is 4.20. The van der Waals surface area contributed by atoms with Crippen molar-refractivity contribution in [3.63, 3.8) is 0 Å². The molecule has 1 saturated heterocycles. The van der Waals surface area contributed by atoms with Gasteiger partial charge in [-0.15, -0.1) is 0 Å². The van der Waals surface area contributed by atoms with E-state index in [1.807, 2.05) is 13.8 Å². The molecule has 1 aliphatic heterocycles. The van der Waals surface area contributed by atoms with Gasteiger partial charge in [-0.1, -0.05) is 6.92 Å². The minimum Gasteiger partial charge on any atom is -0.496 e. The standard InChI is InChI=1S/C16H24N4O5S/c1-5-17-10(2)9-18-26(23,24)11-6-7-13(25-4)12(8-11)16(3)14(21)19-15(22)20-16/h6-8,10,17-18H,5,9H2,1-4H3,(H2,19,20,21,22)/t10-,16?/m1/s1. The van der Waals surface area contributed by atoms with E-state index < -0.39 is 27.5 Å². The normalized spacial score (nSPS) is 21.2. The van der Waals surface area contributed by atoms with Crippen molar-refractivity contribution in [3.8, 4) is 5.75 Å². The first kappa shape index (κ1) is 20.1. The van der Waals surface area contributed by atoms with Crippen LogP contribution in [0.25, 0.3) is 0 Å². The second-order valence-corrected chi connectivity index (χ2v) is 7.97. The summed E-state index contributed by atoms with van der Waals surface area (Å²) in [4.78, 5) is 23.7. The van der Waals surface area contributed by atoms with Crippen molar-refractivity contribution in [2.75, 3.05) is 20.2 Å². The molecule has 1 aliphatic rings. The molecule has 2 rings (SSSR count). The Balaban J connectivity index is 2.38. The molecule has 3 amide bonds. The first-order valence-corrected chi connectivity index (χ1v) is 9.67. The van der Waals surface area contributed by atoms with Crippen LogP contribution in [-0.4, -0.2) is 46.6 Å². The van der Waals surface area contributed by atoms with E-state index in [1.54, 1.807) is 0 Å². The fraction of sp³-hybridized carbons (Fsp3) is 0.500. The Labute approximate surface area is 152 Å². The summed E-state index contributed by atoms with van der Waals surface area (Å²) in [5.74, 6) is -0.283. The van der Waals surface area contributed by atoms with E-state index in [4.69, 9.17) is 4.74 Å². The summed E-state index contributed by atoms with van der Waals surface area (Å²) in [6.45, 7) is 6.23. The molecule has 2 atom stereocenters. The molecule has 1 heterocycles. The smallest absolute Gasteiger partial charge is 0.322 e. The number of hydrogen-bond donors (Lipinski definition) is 4. The summed E-state index contributed by atoms with van der Waals surface area (Å²) in [5, 5.41) is 7.78. The maximum atomic E-state index is 12.6. The van der Waals surface area contributed by atoms with Crippen molar-refractivity contribution in [2.24, 2.45) is 0 Å². The van der Waals surface area contributed by atoms with Gasteiger partial charge in [0, 0.05) is 18.2 Å². The minimum absolute atomic E-state index is 0.0211. The van der Waals surface area contributed by atoms with Crippen molar-refractivity contribution in [1.29, 1.82) is 0 Å². The Morgan fingerprint density at radius 1 is 1.31 bits per heavy atom. The Morgan fingerprint density at radius 3 is 2.54 bits per heavy atom. The average Bonchev–Trinajstić information content (AvgIpc) is 2.85. The fourth-order valence-electron chi connectivity index (χ4n) is 2.72. The van der Waals surface area contributed by atoms with E-state index in [0.717, 1.165) is 6.54 Å². The van der Waals surface area contributed by atoms with Crippen molar-refractivity contribution < 1.29 is 22.7 Å². The van der Waals surface area contributed by atoms with Gasteiger partial charge in [0.1, 0.15) is 11.3 Å². The van der Waals surface area contributed by atoms with Gasteiger partial charge in [0.05, 0.1) is 12.0 Å². The molecule has 0 spiro atoms. The zero-order valence-electron chi connectivity index (χ0n) is 15.2. The molecule has 0 bridgehead atoms. The van der Waals surface area contributed by atoms with Crippen LogP contribution in [0.3, 0.4) is 0 Å². The fourth-order valence-corrected chi connectivity index (χ4v) is 3.87. The third-order valence-corrected chi connectivity index (χ3v) is 5.62. The number of sulfonamides is 1. The maximum absolute atomic E-state index is 12.6. The van der Waals surface area contributed by atoms with Crippen LogP contribution in [0.1, 0.15) is 26.3 Å². The van der Waals surface area contributed by atoms with Gasteiger partial charge >= 0.3 is 6.03 Å². The predicted octanol–water partition coefficient (Wildman–Crippen LogP) is 0.0261. The van der Waals surface area contributed by atoms with Gasteiger partial charge in [0.2, 0.25) is 10.0 Å². The van der Waals surface area contributed by atoms with Gasteiger partial charge in [0.25, 0.3) is 5.91 Å². The molecular formula is C16H24N4O5S. The zero-order chi connectivity index (χ0) is 19.5. The predicted molar refractivity (Wildman–Crippen MR) is 95.3 cm³/mol. The molecule has 9 nitrogen and oxygen atoms in total. The van der Waals surface area contributed by atoms with Gasteiger partial charge in [0.15, 0.2) is 0 Å². The number of ether oxygens (including phenoxy) is 1. The van der Waals surface area contributed by atoms with Gasteiger partial charge < -0.3 is 15.4 Å². The molecule has 1 unspecified atom stereocenters. The van der Waals surface area contributed by atoms with E-state index in [2.05, 4.69) is 20.7 Å². The lowest BCUT2D eigenvalue weighted by Crippen LogP contribution is -2.41. The summed E-state index contributed by atoms with van der Waals surface area (Å²) < 4.78 is 33.0. The molecular weight excluding hydrogens is 360 g/mol. The van der Waals surface area contributed by atoms with Crippen LogP contribution in [0, 0.1) is 0 Å². The van der Waals surface area contributed by atoms with Gasteiger partial charge in [-0.3, -0.25) is 10.1 Å². The monoisotopic (exact) mass is 384 g/mol. The summed E-state index contributed by atoms with van der Waals surface area (Å²) in [6, 6.07) is 3.50. The number of likely N-dealkylation sites (N-methyl/N-ethyl adjacent to an activating group) is 1. The SMILES string of the molecule is CCN[C@H](C)CNS(=O)(=O)c1ccc(OC)c(C2(C)NC(=O)NC2=O)c1. The second-order valence-electron chi connectivity index (χ2n) is 6.21. The number of rotatable bonds is 8. The van der Waals surface area contributed by atoms with Crippen molar-refractivity contribution in [1.82, 2.24) is 20.7 Å². The van der Waals surface area contributed by atoms with Crippen LogP contribution >= 0.6 is 0 Å². The molecule has 1 aromatic rings. The van der Waals surface area contributed by atoms with Crippen LogP contribution in [-0.2, 0) is 20.4 Å².